The molecule has 0 heterocycles. The fourth-order valence-electron chi connectivity index (χ4n) is 1.83. The number of hydrogen-bond acceptors (Lipinski definition) is 1. The SMILES string of the molecule is CCCCCCC1C=CCCC1=O. The summed E-state index contributed by atoms with van der Waals surface area (Å²) in [5.74, 6) is 0.713. The van der Waals surface area contributed by atoms with Crippen molar-refractivity contribution in [3.05, 3.63) is 12.2 Å². The predicted molar refractivity (Wildman–Crippen MR) is 55.6 cm³/mol. The highest BCUT2D eigenvalue weighted by molar-refractivity contribution is 5.83. The van der Waals surface area contributed by atoms with E-state index >= 15 is 0 Å². The Morgan fingerprint density at radius 3 is 2.92 bits per heavy atom. The Balaban J connectivity index is 2.16. The molecule has 1 aliphatic carbocycles. The van der Waals surface area contributed by atoms with Crippen LogP contribution >= 0.6 is 0 Å². The lowest BCUT2D eigenvalue weighted by Crippen LogP contribution is -2.14. The molecular formula is C12H20O. The summed E-state index contributed by atoms with van der Waals surface area (Å²) in [5.41, 5.74) is 0. The van der Waals surface area contributed by atoms with E-state index in [4.69, 9.17) is 0 Å². The highest BCUT2D eigenvalue weighted by Gasteiger charge is 2.16. The molecule has 0 fully saturated rings. The zero-order chi connectivity index (χ0) is 9.52. The van der Waals surface area contributed by atoms with Crippen molar-refractivity contribution < 1.29 is 4.79 Å². The highest BCUT2D eigenvalue weighted by Crippen LogP contribution is 2.19. The van der Waals surface area contributed by atoms with Crippen LogP contribution in [0.4, 0.5) is 0 Å². The first-order chi connectivity index (χ1) is 6.34. The molecule has 0 aromatic carbocycles. The Morgan fingerprint density at radius 2 is 2.23 bits per heavy atom. The molecule has 0 saturated carbocycles. The number of allylic oxidation sites excluding steroid dienone is 2. The molecule has 1 unspecified atom stereocenters. The molecule has 1 aliphatic rings. The number of hydrogen-bond donors (Lipinski definition) is 0. The van der Waals surface area contributed by atoms with Crippen LogP contribution in [0.1, 0.15) is 51.9 Å². The van der Waals surface area contributed by atoms with Crippen LogP contribution in [0.5, 0.6) is 0 Å². The summed E-state index contributed by atoms with van der Waals surface area (Å²) in [4.78, 5) is 11.4. The van der Waals surface area contributed by atoms with Gasteiger partial charge in [-0.2, -0.15) is 0 Å². The molecule has 0 radical (unpaired) electrons. The number of carbonyl (C=O) groups is 1. The fourth-order valence-corrected chi connectivity index (χ4v) is 1.83. The Morgan fingerprint density at radius 1 is 1.38 bits per heavy atom. The van der Waals surface area contributed by atoms with Crippen LogP contribution < -0.4 is 0 Å². The lowest BCUT2D eigenvalue weighted by Gasteiger charge is -2.14. The lowest BCUT2D eigenvalue weighted by molar-refractivity contribution is -0.122. The molecular weight excluding hydrogens is 160 g/mol. The first-order valence-corrected chi connectivity index (χ1v) is 5.54. The van der Waals surface area contributed by atoms with Crippen LogP contribution in [0.2, 0.25) is 0 Å². The van der Waals surface area contributed by atoms with Gasteiger partial charge in [0.25, 0.3) is 0 Å². The molecule has 1 atom stereocenters. The third-order valence-electron chi connectivity index (χ3n) is 2.71. The number of rotatable bonds is 5. The molecule has 1 rings (SSSR count). The minimum absolute atomic E-state index is 0.255. The van der Waals surface area contributed by atoms with Gasteiger partial charge >= 0.3 is 0 Å². The van der Waals surface area contributed by atoms with Crippen molar-refractivity contribution in [3.63, 3.8) is 0 Å². The third kappa shape index (κ3) is 3.75. The summed E-state index contributed by atoms with van der Waals surface area (Å²) in [5, 5.41) is 0. The molecule has 0 N–H and O–H groups in total. The minimum atomic E-state index is 0.255. The van der Waals surface area contributed by atoms with Crippen molar-refractivity contribution in [2.45, 2.75) is 51.9 Å². The summed E-state index contributed by atoms with van der Waals surface area (Å²) in [6.45, 7) is 2.21. The second kappa shape index (κ2) is 5.95. The van der Waals surface area contributed by atoms with Gasteiger partial charge in [0.1, 0.15) is 5.78 Å². The van der Waals surface area contributed by atoms with E-state index in [1.165, 1.54) is 25.7 Å². The maximum atomic E-state index is 11.4. The standard InChI is InChI=1S/C12H20O/c1-2-3-4-5-8-11-9-6-7-10-12(11)13/h6,9,11H,2-5,7-8,10H2,1H3. The Hall–Kier alpha value is -0.590. The van der Waals surface area contributed by atoms with Crippen molar-refractivity contribution in [3.8, 4) is 0 Å². The smallest absolute Gasteiger partial charge is 0.140 e. The summed E-state index contributed by atoms with van der Waals surface area (Å²) in [7, 11) is 0. The first kappa shape index (κ1) is 10.5. The van der Waals surface area contributed by atoms with Crippen molar-refractivity contribution in [1.82, 2.24) is 0 Å². The zero-order valence-corrected chi connectivity index (χ0v) is 8.59. The summed E-state index contributed by atoms with van der Waals surface area (Å²) >= 11 is 0. The molecule has 0 aromatic rings. The Kier molecular flexibility index (Phi) is 4.81. The van der Waals surface area contributed by atoms with Gasteiger partial charge in [-0.05, 0) is 12.8 Å². The number of unbranched alkanes of at least 4 members (excludes halogenated alkanes) is 3. The molecule has 1 nitrogen and oxygen atoms in total. The van der Waals surface area contributed by atoms with Crippen LogP contribution in [0.3, 0.4) is 0 Å². The average molecular weight is 180 g/mol. The van der Waals surface area contributed by atoms with Gasteiger partial charge in [-0.25, -0.2) is 0 Å². The van der Waals surface area contributed by atoms with Gasteiger partial charge in [0.05, 0.1) is 0 Å². The quantitative estimate of drug-likeness (QED) is 0.467. The second-order valence-electron chi connectivity index (χ2n) is 3.89. The van der Waals surface area contributed by atoms with E-state index in [1.54, 1.807) is 0 Å². The van der Waals surface area contributed by atoms with E-state index in [9.17, 15) is 4.79 Å². The first-order valence-electron chi connectivity index (χ1n) is 5.54. The van der Waals surface area contributed by atoms with E-state index in [0.717, 1.165) is 19.3 Å². The maximum absolute atomic E-state index is 11.4. The fraction of sp³-hybridized carbons (Fsp3) is 0.750. The van der Waals surface area contributed by atoms with Gasteiger partial charge in [0.15, 0.2) is 0 Å². The molecule has 74 valence electrons. The Labute approximate surface area is 81.2 Å². The number of carbonyl (C=O) groups excluding carboxylic acids is 1. The van der Waals surface area contributed by atoms with Gasteiger partial charge in [0, 0.05) is 12.3 Å². The van der Waals surface area contributed by atoms with Gasteiger partial charge in [-0.3, -0.25) is 4.79 Å². The minimum Gasteiger partial charge on any atom is -0.299 e. The van der Waals surface area contributed by atoms with Gasteiger partial charge in [-0.1, -0.05) is 44.8 Å². The van der Waals surface area contributed by atoms with Crippen LogP contribution in [0, 0.1) is 5.92 Å². The van der Waals surface area contributed by atoms with Gasteiger partial charge < -0.3 is 0 Å². The van der Waals surface area contributed by atoms with Gasteiger partial charge in [-0.15, -0.1) is 0 Å². The van der Waals surface area contributed by atoms with Crippen molar-refractivity contribution in [2.24, 2.45) is 5.92 Å². The summed E-state index contributed by atoms with van der Waals surface area (Å²) in [6.07, 6.45) is 12.2. The summed E-state index contributed by atoms with van der Waals surface area (Å²) < 4.78 is 0. The zero-order valence-electron chi connectivity index (χ0n) is 8.59. The predicted octanol–water partition coefficient (Wildman–Crippen LogP) is 3.49. The maximum Gasteiger partial charge on any atom is 0.140 e. The monoisotopic (exact) mass is 180 g/mol. The summed E-state index contributed by atoms with van der Waals surface area (Å²) in [6, 6.07) is 0. The topological polar surface area (TPSA) is 17.1 Å². The van der Waals surface area contributed by atoms with Crippen molar-refractivity contribution in [1.29, 1.82) is 0 Å². The molecule has 13 heavy (non-hydrogen) atoms. The van der Waals surface area contributed by atoms with Crippen LogP contribution in [-0.2, 0) is 4.79 Å². The molecule has 0 aliphatic heterocycles. The molecule has 0 bridgehead atoms. The Bertz CT molecular complexity index is 182. The van der Waals surface area contributed by atoms with E-state index in [-0.39, 0.29) is 5.92 Å². The number of Topliss-reactive ketones (excluding diaryl/α,β-unsaturated/α-hetero) is 1. The second-order valence-corrected chi connectivity index (χ2v) is 3.89. The van der Waals surface area contributed by atoms with Crippen molar-refractivity contribution >= 4 is 5.78 Å². The van der Waals surface area contributed by atoms with Crippen LogP contribution in [0.15, 0.2) is 12.2 Å². The lowest BCUT2D eigenvalue weighted by atomic mass is 9.90. The molecule has 0 spiro atoms. The largest absolute Gasteiger partial charge is 0.299 e. The molecule has 1 heteroatoms. The van der Waals surface area contributed by atoms with E-state index in [1.807, 2.05) is 0 Å². The van der Waals surface area contributed by atoms with E-state index in [2.05, 4.69) is 19.1 Å². The van der Waals surface area contributed by atoms with Gasteiger partial charge in [0.2, 0.25) is 0 Å². The number of ketones is 1. The van der Waals surface area contributed by atoms with Crippen LogP contribution in [0.25, 0.3) is 0 Å². The van der Waals surface area contributed by atoms with E-state index < -0.39 is 0 Å². The molecule has 0 saturated heterocycles. The highest BCUT2D eigenvalue weighted by atomic mass is 16.1. The van der Waals surface area contributed by atoms with Crippen molar-refractivity contribution in [2.75, 3.05) is 0 Å². The molecule has 0 aromatic heterocycles. The van der Waals surface area contributed by atoms with E-state index in [0.29, 0.717) is 5.78 Å². The van der Waals surface area contributed by atoms with Crippen LogP contribution in [-0.4, -0.2) is 5.78 Å². The average Bonchev–Trinajstić information content (AvgIpc) is 2.15. The third-order valence-corrected chi connectivity index (χ3v) is 2.71. The normalized spacial score (nSPS) is 22.2. The molecule has 0 amide bonds.